The first-order valence-corrected chi connectivity index (χ1v) is 8.03. The van der Waals surface area contributed by atoms with Gasteiger partial charge in [-0.2, -0.15) is 0 Å². The van der Waals surface area contributed by atoms with Gasteiger partial charge >= 0.3 is 0 Å². The Bertz CT molecular complexity index is 1190. The summed E-state index contributed by atoms with van der Waals surface area (Å²) in [4.78, 5) is 35.4. The summed E-state index contributed by atoms with van der Waals surface area (Å²) in [6, 6.07) is 14.5. The van der Waals surface area contributed by atoms with Crippen molar-refractivity contribution in [1.82, 2.24) is 15.0 Å². The molecule has 4 aromatic rings. The molecule has 128 valence electrons. The molecule has 4 rings (SSSR count). The lowest BCUT2D eigenvalue weighted by atomic mass is 9.98. The van der Waals surface area contributed by atoms with Crippen LogP contribution in [0.5, 0.6) is 0 Å². The van der Waals surface area contributed by atoms with Crippen LogP contribution in [0.2, 0.25) is 0 Å². The summed E-state index contributed by atoms with van der Waals surface area (Å²) >= 11 is 0. The third-order valence-electron chi connectivity index (χ3n) is 4.16. The van der Waals surface area contributed by atoms with Crippen LogP contribution in [0.15, 0.2) is 59.4 Å². The third kappa shape index (κ3) is 2.61. The number of hydrogen-bond acceptors (Lipinski definition) is 3. The van der Waals surface area contributed by atoms with Gasteiger partial charge in [0.25, 0.3) is 5.56 Å². The summed E-state index contributed by atoms with van der Waals surface area (Å²) in [6.45, 7) is 1.65. The maximum absolute atomic E-state index is 13.8. The van der Waals surface area contributed by atoms with E-state index in [4.69, 9.17) is 0 Å². The van der Waals surface area contributed by atoms with E-state index in [0.717, 1.165) is 0 Å². The van der Waals surface area contributed by atoms with E-state index in [-0.39, 0.29) is 22.4 Å². The Kier molecular flexibility index (Phi) is 3.73. The lowest BCUT2D eigenvalue weighted by Crippen LogP contribution is -2.09. The zero-order valence-corrected chi connectivity index (χ0v) is 13.8. The largest absolute Gasteiger partial charge is 0.336 e. The van der Waals surface area contributed by atoms with Crippen LogP contribution in [0.25, 0.3) is 22.2 Å². The average Bonchev–Trinajstić information content (AvgIpc) is 3.01. The van der Waals surface area contributed by atoms with Gasteiger partial charge in [0.15, 0.2) is 0 Å². The first-order chi connectivity index (χ1) is 12.5. The molecule has 0 saturated heterocycles. The van der Waals surface area contributed by atoms with Gasteiger partial charge in [0.05, 0.1) is 11.1 Å². The van der Waals surface area contributed by atoms with Crippen molar-refractivity contribution in [2.75, 3.05) is 0 Å². The van der Waals surface area contributed by atoms with Gasteiger partial charge in [-0.05, 0) is 24.6 Å². The summed E-state index contributed by atoms with van der Waals surface area (Å²) < 4.78 is 13.8. The van der Waals surface area contributed by atoms with Crippen LogP contribution in [-0.2, 0) is 0 Å². The molecule has 0 aliphatic carbocycles. The smallest absolute Gasteiger partial charge is 0.261 e. The number of fused-ring (bicyclic) bond motifs is 1. The van der Waals surface area contributed by atoms with E-state index >= 15 is 0 Å². The van der Waals surface area contributed by atoms with Crippen LogP contribution in [0.4, 0.5) is 4.39 Å². The summed E-state index contributed by atoms with van der Waals surface area (Å²) in [7, 11) is 0. The van der Waals surface area contributed by atoms with Gasteiger partial charge < -0.3 is 9.97 Å². The van der Waals surface area contributed by atoms with E-state index in [9.17, 15) is 14.0 Å². The number of ketones is 1. The molecule has 0 aliphatic rings. The summed E-state index contributed by atoms with van der Waals surface area (Å²) in [5.41, 5.74) is 1.37. The van der Waals surface area contributed by atoms with Crippen molar-refractivity contribution in [2.45, 2.75) is 6.92 Å². The lowest BCUT2D eigenvalue weighted by Gasteiger charge is -2.05. The predicted molar refractivity (Wildman–Crippen MR) is 96.7 cm³/mol. The molecule has 0 bridgehead atoms. The van der Waals surface area contributed by atoms with E-state index in [0.29, 0.717) is 28.2 Å². The molecule has 5 nitrogen and oxygen atoms in total. The predicted octanol–water partition coefficient (Wildman–Crippen LogP) is 3.60. The number of benzene rings is 2. The SMILES string of the molecule is Cc1nc2[nH]c(C(=O)c3ccccc3)c(-c3cccc(F)c3)c2c(=O)[nH]1. The van der Waals surface area contributed by atoms with Crippen LogP contribution in [0.3, 0.4) is 0 Å². The van der Waals surface area contributed by atoms with E-state index in [1.54, 1.807) is 37.3 Å². The van der Waals surface area contributed by atoms with E-state index < -0.39 is 5.82 Å². The fourth-order valence-corrected chi connectivity index (χ4v) is 3.05. The van der Waals surface area contributed by atoms with Crippen molar-refractivity contribution in [1.29, 1.82) is 0 Å². The topological polar surface area (TPSA) is 78.6 Å². The molecule has 0 unspecified atom stereocenters. The zero-order chi connectivity index (χ0) is 18.3. The molecule has 6 heteroatoms. The Morgan fingerprint density at radius 2 is 1.81 bits per heavy atom. The molecule has 26 heavy (non-hydrogen) atoms. The summed E-state index contributed by atoms with van der Waals surface area (Å²) in [5, 5.41) is 0.237. The number of H-pyrrole nitrogens is 2. The second-order valence-electron chi connectivity index (χ2n) is 5.96. The van der Waals surface area contributed by atoms with Crippen molar-refractivity contribution in [3.8, 4) is 11.1 Å². The van der Waals surface area contributed by atoms with Gasteiger partial charge in [0.1, 0.15) is 17.3 Å². The number of carbonyl (C=O) groups is 1. The number of halogens is 1. The monoisotopic (exact) mass is 347 g/mol. The molecule has 0 saturated carbocycles. The third-order valence-corrected chi connectivity index (χ3v) is 4.16. The molecule has 2 heterocycles. The minimum absolute atomic E-state index is 0.209. The van der Waals surface area contributed by atoms with Gasteiger partial charge in [-0.15, -0.1) is 0 Å². The van der Waals surface area contributed by atoms with Crippen LogP contribution in [0.1, 0.15) is 21.9 Å². The highest BCUT2D eigenvalue weighted by molar-refractivity contribution is 6.16. The second-order valence-corrected chi connectivity index (χ2v) is 5.96. The zero-order valence-electron chi connectivity index (χ0n) is 13.8. The molecule has 2 N–H and O–H groups in total. The van der Waals surface area contributed by atoms with Crippen molar-refractivity contribution in [2.24, 2.45) is 0 Å². The molecular formula is C20H14FN3O2. The van der Waals surface area contributed by atoms with Gasteiger partial charge in [-0.3, -0.25) is 9.59 Å². The highest BCUT2D eigenvalue weighted by atomic mass is 19.1. The number of rotatable bonds is 3. The highest BCUT2D eigenvalue weighted by Crippen LogP contribution is 2.31. The number of carbonyl (C=O) groups excluding carboxylic acids is 1. The van der Waals surface area contributed by atoms with Gasteiger partial charge in [-0.25, -0.2) is 9.37 Å². The number of aromatic nitrogens is 3. The Balaban J connectivity index is 2.07. The summed E-state index contributed by atoms with van der Waals surface area (Å²) in [6.07, 6.45) is 0. The van der Waals surface area contributed by atoms with Gasteiger partial charge in [-0.1, -0.05) is 42.5 Å². The standard InChI is InChI=1S/C20H14FN3O2/c1-11-22-19-16(20(26)23-11)15(13-8-5-9-14(21)10-13)17(24-19)18(25)12-6-3-2-4-7-12/h2-10H,1H3,(H2,22,23,24,26). The molecule has 0 aliphatic heterocycles. The number of aromatic amines is 2. The number of aryl methyl sites for hydroxylation is 1. The Labute approximate surface area is 147 Å². The maximum Gasteiger partial charge on any atom is 0.261 e. The van der Waals surface area contributed by atoms with Crippen molar-refractivity contribution in [3.05, 3.63) is 87.9 Å². The average molecular weight is 347 g/mol. The van der Waals surface area contributed by atoms with Crippen LogP contribution in [-0.4, -0.2) is 20.7 Å². The molecule has 2 aromatic carbocycles. The molecule has 0 atom stereocenters. The fraction of sp³-hybridized carbons (Fsp3) is 0.0500. The number of hydrogen-bond donors (Lipinski definition) is 2. The van der Waals surface area contributed by atoms with Crippen LogP contribution < -0.4 is 5.56 Å². The Morgan fingerprint density at radius 3 is 2.54 bits per heavy atom. The minimum atomic E-state index is -0.452. The van der Waals surface area contributed by atoms with Crippen molar-refractivity contribution >= 4 is 16.8 Å². The molecule has 2 aromatic heterocycles. The molecule has 0 amide bonds. The maximum atomic E-state index is 13.8. The first kappa shape index (κ1) is 16.0. The second kappa shape index (κ2) is 6.07. The van der Waals surface area contributed by atoms with E-state index in [1.807, 2.05) is 6.07 Å². The summed E-state index contributed by atoms with van der Waals surface area (Å²) in [5.74, 6) is -0.320. The van der Waals surface area contributed by atoms with Crippen molar-refractivity contribution < 1.29 is 9.18 Å². The Hall–Kier alpha value is -3.54. The first-order valence-electron chi connectivity index (χ1n) is 8.03. The van der Waals surface area contributed by atoms with E-state index in [2.05, 4.69) is 15.0 Å². The normalized spacial score (nSPS) is 11.0. The number of nitrogens with zero attached hydrogens (tertiary/aromatic N) is 1. The fourth-order valence-electron chi connectivity index (χ4n) is 3.05. The van der Waals surface area contributed by atoms with Gasteiger partial charge in [0, 0.05) is 11.1 Å². The van der Waals surface area contributed by atoms with Crippen LogP contribution in [0, 0.1) is 12.7 Å². The van der Waals surface area contributed by atoms with Crippen molar-refractivity contribution in [3.63, 3.8) is 0 Å². The molecule has 0 spiro atoms. The van der Waals surface area contributed by atoms with E-state index in [1.165, 1.54) is 18.2 Å². The molecule has 0 fully saturated rings. The quantitative estimate of drug-likeness (QED) is 0.556. The lowest BCUT2D eigenvalue weighted by molar-refractivity contribution is 0.103. The van der Waals surface area contributed by atoms with Gasteiger partial charge in [0.2, 0.25) is 5.78 Å². The molecular weight excluding hydrogens is 333 g/mol. The highest BCUT2D eigenvalue weighted by Gasteiger charge is 2.23. The van der Waals surface area contributed by atoms with Crippen LogP contribution >= 0.6 is 0 Å². The number of nitrogens with one attached hydrogen (secondary N) is 2. The minimum Gasteiger partial charge on any atom is -0.336 e. The molecule has 0 radical (unpaired) electrons. The Morgan fingerprint density at radius 1 is 1.04 bits per heavy atom.